The van der Waals surface area contributed by atoms with E-state index in [-0.39, 0.29) is 5.92 Å². The van der Waals surface area contributed by atoms with Gasteiger partial charge in [0, 0.05) is 29.4 Å². The molecule has 1 saturated heterocycles. The van der Waals surface area contributed by atoms with E-state index in [9.17, 15) is 8.42 Å². The van der Waals surface area contributed by atoms with Gasteiger partial charge in [-0.2, -0.15) is 4.31 Å². The Morgan fingerprint density at radius 3 is 2.64 bits per heavy atom. The fourth-order valence-corrected chi connectivity index (χ4v) is 4.51. The molecule has 1 fully saturated rings. The topological polar surface area (TPSA) is 46.6 Å². The zero-order valence-electron chi connectivity index (χ0n) is 13.9. The predicted molar refractivity (Wildman–Crippen MR) is 101 cm³/mol. The van der Waals surface area contributed by atoms with Crippen LogP contribution in [0.2, 0.25) is 5.02 Å². The monoisotopic (exact) mass is 377 g/mol. The molecule has 0 saturated carbocycles. The Morgan fingerprint density at radius 2 is 1.88 bits per heavy atom. The molecule has 4 nitrogen and oxygen atoms in total. The van der Waals surface area contributed by atoms with Crippen molar-refractivity contribution in [2.75, 3.05) is 20.2 Å². The normalized spacial score (nSPS) is 18.7. The minimum atomic E-state index is -3.48. The van der Waals surface area contributed by atoms with E-state index in [2.05, 4.69) is 0 Å². The van der Waals surface area contributed by atoms with E-state index >= 15 is 0 Å². The molecule has 0 bridgehead atoms. The first-order chi connectivity index (χ1) is 12.0. The number of ether oxygens (including phenoxy) is 1. The van der Waals surface area contributed by atoms with Gasteiger partial charge in [0.15, 0.2) is 0 Å². The van der Waals surface area contributed by atoms with E-state index in [0.29, 0.717) is 23.7 Å². The number of halogens is 1. The van der Waals surface area contributed by atoms with Gasteiger partial charge < -0.3 is 4.74 Å². The van der Waals surface area contributed by atoms with Crippen molar-refractivity contribution in [1.82, 2.24) is 4.31 Å². The summed E-state index contributed by atoms with van der Waals surface area (Å²) in [6.07, 6.45) is 2.33. The van der Waals surface area contributed by atoms with E-state index in [4.69, 9.17) is 16.3 Å². The highest BCUT2D eigenvalue weighted by atomic mass is 35.5. The smallest absolute Gasteiger partial charge is 0.236 e. The molecule has 0 amide bonds. The third-order valence-corrected chi connectivity index (χ3v) is 6.29. The van der Waals surface area contributed by atoms with E-state index in [0.717, 1.165) is 17.7 Å². The number of nitrogens with zero attached hydrogens (tertiary/aromatic N) is 1. The molecule has 25 heavy (non-hydrogen) atoms. The Labute approximate surface area is 153 Å². The van der Waals surface area contributed by atoms with Gasteiger partial charge in [-0.15, -0.1) is 0 Å². The maximum Gasteiger partial charge on any atom is 0.236 e. The molecule has 0 N–H and O–H groups in total. The van der Waals surface area contributed by atoms with Crippen LogP contribution in [-0.4, -0.2) is 32.9 Å². The minimum absolute atomic E-state index is 0.139. The molecule has 2 aromatic rings. The summed E-state index contributed by atoms with van der Waals surface area (Å²) in [5, 5.41) is 1.76. The van der Waals surface area contributed by atoms with Crippen LogP contribution in [0.25, 0.3) is 6.08 Å². The summed E-state index contributed by atoms with van der Waals surface area (Å²) in [4.78, 5) is 0. The highest BCUT2D eigenvalue weighted by Crippen LogP contribution is 2.34. The number of hydrogen-bond donors (Lipinski definition) is 0. The number of benzene rings is 2. The summed E-state index contributed by atoms with van der Waals surface area (Å²) >= 11 is 6.08. The van der Waals surface area contributed by atoms with Crippen LogP contribution < -0.4 is 4.74 Å². The lowest BCUT2D eigenvalue weighted by Gasteiger charge is -2.16. The molecule has 0 aliphatic carbocycles. The summed E-state index contributed by atoms with van der Waals surface area (Å²) in [6.45, 7) is 0.952. The van der Waals surface area contributed by atoms with Crippen LogP contribution in [0, 0.1) is 0 Å². The van der Waals surface area contributed by atoms with Gasteiger partial charge in [-0.05, 0) is 35.8 Å². The molecule has 0 spiro atoms. The molecule has 3 rings (SSSR count). The Morgan fingerprint density at radius 1 is 1.16 bits per heavy atom. The highest BCUT2D eigenvalue weighted by Gasteiger charge is 2.32. The molecule has 1 aliphatic heterocycles. The molecule has 1 heterocycles. The van der Waals surface area contributed by atoms with Crippen molar-refractivity contribution in [1.29, 1.82) is 0 Å². The second kappa shape index (κ2) is 7.60. The number of methoxy groups -OCH3 is 1. The Bertz CT molecular complexity index is 880. The Hall–Kier alpha value is -1.82. The third-order valence-electron chi connectivity index (χ3n) is 4.41. The summed E-state index contributed by atoms with van der Waals surface area (Å²) in [7, 11) is -1.85. The van der Waals surface area contributed by atoms with Gasteiger partial charge in [0.05, 0.1) is 7.11 Å². The van der Waals surface area contributed by atoms with Crippen molar-refractivity contribution >= 4 is 27.7 Å². The number of sulfonamides is 1. The van der Waals surface area contributed by atoms with E-state index in [1.807, 2.05) is 36.4 Å². The zero-order chi connectivity index (χ0) is 17.9. The van der Waals surface area contributed by atoms with Crippen molar-refractivity contribution in [3.05, 3.63) is 70.1 Å². The predicted octanol–water partition coefficient (Wildman–Crippen LogP) is 4.14. The quantitative estimate of drug-likeness (QED) is 0.786. The SMILES string of the molecule is COc1ccccc1C1CCN(S(=O)(=O)C=Cc2ccccc2Cl)C1. The molecular formula is C19H20ClNO3S. The summed E-state index contributed by atoms with van der Waals surface area (Å²) in [6, 6.07) is 14.9. The van der Waals surface area contributed by atoms with Gasteiger partial charge in [-0.3, -0.25) is 0 Å². The van der Waals surface area contributed by atoms with Crippen LogP contribution >= 0.6 is 11.6 Å². The average molecular weight is 378 g/mol. The lowest BCUT2D eigenvalue weighted by Crippen LogP contribution is -2.26. The fourth-order valence-electron chi connectivity index (χ4n) is 3.07. The molecule has 1 unspecified atom stereocenters. The second-order valence-electron chi connectivity index (χ2n) is 5.95. The fraction of sp³-hybridized carbons (Fsp3) is 0.263. The first kappa shape index (κ1) is 18.0. The highest BCUT2D eigenvalue weighted by molar-refractivity contribution is 7.92. The maximum absolute atomic E-state index is 12.6. The molecule has 0 aromatic heterocycles. The lowest BCUT2D eigenvalue weighted by atomic mass is 9.97. The number of hydrogen-bond acceptors (Lipinski definition) is 3. The number of para-hydroxylation sites is 1. The average Bonchev–Trinajstić information content (AvgIpc) is 3.12. The molecular weight excluding hydrogens is 358 g/mol. The lowest BCUT2D eigenvalue weighted by molar-refractivity contribution is 0.405. The standard InChI is InChI=1S/C19H20ClNO3S/c1-24-19-9-5-3-7-17(19)16-10-12-21(14-16)25(22,23)13-11-15-6-2-4-8-18(15)20/h2-9,11,13,16H,10,12,14H2,1H3. The van der Waals surface area contributed by atoms with Crippen molar-refractivity contribution in [3.8, 4) is 5.75 Å². The Kier molecular flexibility index (Phi) is 5.47. The van der Waals surface area contributed by atoms with Crippen molar-refractivity contribution in [2.45, 2.75) is 12.3 Å². The van der Waals surface area contributed by atoms with Crippen LogP contribution in [0.3, 0.4) is 0 Å². The molecule has 1 aliphatic rings. The van der Waals surface area contributed by atoms with Crippen LogP contribution in [0.15, 0.2) is 53.9 Å². The maximum atomic E-state index is 12.6. The molecule has 132 valence electrons. The van der Waals surface area contributed by atoms with Crippen molar-refractivity contribution in [3.63, 3.8) is 0 Å². The molecule has 6 heteroatoms. The van der Waals surface area contributed by atoms with E-state index < -0.39 is 10.0 Å². The largest absolute Gasteiger partial charge is 0.496 e. The zero-order valence-corrected chi connectivity index (χ0v) is 15.5. The first-order valence-corrected chi connectivity index (χ1v) is 9.95. The van der Waals surface area contributed by atoms with Crippen LogP contribution in [-0.2, 0) is 10.0 Å². The van der Waals surface area contributed by atoms with Gasteiger partial charge >= 0.3 is 0 Å². The van der Waals surface area contributed by atoms with Gasteiger partial charge in [0.2, 0.25) is 10.0 Å². The molecule has 0 radical (unpaired) electrons. The minimum Gasteiger partial charge on any atom is -0.496 e. The van der Waals surface area contributed by atoms with Crippen LogP contribution in [0.4, 0.5) is 0 Å². The third kappa shape index (κ3) is 4.06. The van der Waals surface area contributed by atoms with Gasteiger partial charge in [0.25, 0.3) is 0 Å². The number of rotatable bonds is 5. The Balaban J connectivity index is 1.76. The van der Waals surface area contributed by atoms with Crippen LogP contribution in [0.1, 0.15) is 23.5 Å². The van der Waals surface area contributed by atoms with Crippen LogP contribution in [0.5, 0.6) is 5.75 Å². The second-order valence-corrected chi connectivity index (χ2v) is 8.18. The summed E-state index contributed by atoms with van der Waals surface area (Å²) in [5.74, 6) is 0.943. The van der Waals surface area contributed by atoms with E-state index in [1.165, 1.54) is 9.71 Å². The van der Waals surface area contributed by atoms with Crippen molar-refractivity contribution < 1.29 is 13.2 Å². The summed E-state index contributed by atoms with van der Waals surface area (Å²) in [5.41, 5.74) is 1.74. The van der Waals surface area contributed by atoms with E-state index in [1.54, 1.807) is 25.3 Å². The van der Waals surface area contributed by atoms with Gasteiger partial charge in [-0.1, -0.05) is 48.0 Å². The summed E-state index contributed by atoms with van der Waals surface area (Å²) < 4.78 is 32.1. The van der Waals surface area contributed by atoms with Gasteiger partial charge in [-0.25, -0.2) is 8.42 Å². The molecule has 1 atom stereocenters. The van der Waals surface area contributed by atoms with Gasteiger partial charge in [0.1, 0.15) is 5.75 Å². The molecule has 2 aromatic carbocycles. The first-order valence-electron chi connectivity index (χ1n) is 8.07. The van der Waals surface area contributed by atoms with Crippen molar-refractivity contribution in [2.24, 2.45) is 0 Å².